The van der Waals surface area contributed by atoms with Gasteiger partial charge in [0.2, 0.25) is 0 Å². The lowest BCUT2D eigenvalue weighted by molar-refractivity contribution is -0.296. The van der Waals surface area contributed by atoms with Crippen molar-refractivity contribution in [2.75, 3.05) is 6.61 Å². The zero-order valence-electron chi connectivity index (χ0n) is 20.2. The van der Waals surface area contributed by atoms with Gasteiger partial charge in [-0.3, -0.25) is 0 Å². The second-order valence-corrected chi connectivity index (χ2v) is 10.9. The summed E-state index contributed by atoms with van der Waals surface area (Å²) in [5, 5.41) is 0. The molecule has 0 aromatic rings. The zero-order valence-corrected chi connectivity index (χ0v) is 20.2. The Balaban J connectivity index is 1.47. The highest BCUT2D eigenvalue weighted by Gasteiger charge is 2.62. The molecule has 2 aliphatic carbocycles. The fourth-order valence-corrected chi connectivity index (χ4v) is 5.91. The van der Waals surface area contributed by atoms with Crippen LogP contribution in [0.25, 0.3) is 0 Å². The Morgan fingerprint density at radius 1 is 0.735 bits per heavy atom. The van der Waals surface area contributed by atoms with Crippen molar-refractivity contribution in [3.63, 3.8) is 0 Å². The maximum atomic E-state index is 14.6. The molecule has 0 amide bonds. The molecular weight excluding hydrogens is 458 g/mol. The largest absolute Gasteiger partial charge is 0.431 e. The van der Waals surface area contributed by atoms with E-state index < -0.39 is 35.2 Å². The number of hydrogen-bond acceptors (Lipinski definition) is 2. The smallest absolute Gasteiger partial charge is 0.402 e. The van der Waals surface area contributed by atoms with Crippen LogP contribution in [0.15, 0.2) is 24.5 Å². The summed E-state index contributed by atoms with van der Waals surface area (Å²) in [5.74, 6) is -10.6. The summed E-state index contributed by atoms with van der Waals surface area (Å²) >= 11 is 0. The standard InChI is InChI=1S/C26H38F6O2/c1-16(2)24(27,28)25(29,30)18(4)34-26(31,32)22-13-14-23(33-15-22)21-11-9-20(10-12-21)19-7-5-17(3)6-8-19/h17,19-23H,1,4-15H2,2-3H3. The van der Waals surface area contributed by atoms with Crippen LogP contribution in [0, 0.1) is 29.6 Å². The molecular formula is C26H38F6O2. The molecule has 2 nitrogen and oxygen atoms in total. The highest BCUT2D eigenvalue weighted by Crippen LogP contribution is 2.48. The van der Waals surface area contributed by atoms with E-state index in [0.29, 0.717) is 19.3 Å². The van der Waals surface area contributed by atoms with E-state index in [2.05, 4.69) is 24.8 Å². The van der Waals surface area contributed by atoms with E-state index in [9.17, 15) is 26.3 Å². The molecule has 3 rings (SSSR count). The normalized spacial score (nSPS) is 33.9. The van der Waals surface area contributed by atoms with Crippen molar-refractivity contribution in [1.82, 2.24) is 0 Å². The third kappa shape index (κ3) is 5.79. The first kappa shape index (κ1) is 27.4. The first-order chi connectivity index (χ1) is 15.8. The lowest BCUT2D eigenvalue weighted by atomic mass is 9.68. The predicted molar refractivity (Wildman–Crippen MR) is 119 cm³/mol. The van der Waals surface area contributed by atoms with Crippen molar-refractivity contribution >= 4 is 0 Å². The van der Waals surface area contributed by atoms with E-state index in [4.69, 9.17) is 4.74 Å². The first-order valence-corrected chi connectivity index (χ1v) is 12.5. The van der Waals surface area contributed by atoms with Crippen LogP contribution in [0.5, 0.6) is 0 Å². The van der Waals surface area contributed by atoms with Gasteiger partial charge >= 0.3 is 18.0 Å². The molecule has 2 unspecified atom stereocenters. The van der Waals surface area contributed by atoms with Gasteiger partial charge in [0.25, 0.3) is 0 Å². The minimum atomic E-state index is -5.00. The molecule has 0 radical (unpaired) electrons. The Hall–Kier alpha value is -1.18. The summed E-state index contributed by atoms with van der Waals surface area (Å²) in [6, 6.07) is 0. The molecule has 3 fully saturated rings. The van der Waals surface area contributed by atoms with Crippen molar-refractivity contribution in [3.8, 4) is 0 Å². The van der Waals surface area contributed by atoms with E-state index in [1.807, 2.05) is 0 Å². The van der Waals surface area contributed by atoms with Crippen LogP contribution < -0.4 is 0 Å². The zero-order chi connectivity index (χ0) is 25.3. The Morgan fingerprint density at radius 2 is 1.24 bits per heavy atom. The van der Waals surface area contributed by atoms with Gasteiger partial charge in [0.15, 0.2) is 5.76 Å². The molecule has 0 spiro atoms. The van der Waals surface area contributed by atoms with Gasteiger partial charge in [0, 0.05) is 0 Å². The monoisotopic (exact) mass is 496 g/mol. The summed E-state index contributed by atoms with van der Waals surface area (Å²) in [6.07, 6.45) is 5.65. The van der Waals surface area contributed by atoms with E-state index >= 15 is 0 Å². The Morgan fingerprint density at radius 3 is 1.71 bits per heavy atom. The third-order valence-corrected chi connectivity index (χ3v) is 8.40. The van der Waals surface area contributed by atoms with Crippen LogP contribution >= 0.6 is 0 Å². The van der Waals surface area contributed by atoms with Crippen molar-refractivity contribution in [2.45, 2.75) is 102 Å². The van der Waals surface area contributed by atoms with Gasteiger partial charge in [0.1, 0.15) is 0 Å². The fraction of sp³-hybridized carbons (Fsp3) is 0.846. The van der Waals surface area contributed by atoms with Gasteiger partial charge < -0.3 is 9.47 Å². The summed E-state index contributed by atoms with van der Waals surface area (Å²) < 4.78 is 94.5. The van der Waals surface area contributed by atoms with Gasteiger partial charge in [-0.05, 0) is 87.5 Å². The van der Waals surface area contributed by atoms with E-state index in [1.54, 1.807) is 0 Å². The van der Waals surface area contributed by atoms with Crippen LogP contribution in [0.3, 0.4) is 0 Å². The molecule has 2 saturated carbocycles. The SMILES string of the molecule is C=C(C)C(F)(F)C(F)(F)C(=C)OC(F)(F)C1CCC(C2CCC(C3CCC(C)CC3)CC2)OC1. The van der Waals surface area contributed by atoms with Gasteiger partial charge in [0.05, 0.1) is 18.6 Å². The lowest BCUT2D eigenvalue weighted by Crippen LogP contribution is -2.47. The number of ether oxygens (including phenoxy) is 2. The van der Waals surface area contributed by atoms with Crippen LogP contribution in [0.4, 0.5) is 26.3 Å². The molecule has 0 aromatic carbocycles. The number of halogens is 6. The van der Waals surface area contributed by atoms with Crippen molar-refractivity contribution in [3.05, 3.63) is 24.5 Å². The molecule has 3 aliphatic rings. The molecule has 2 atom stereocenters. The Labute approximate surface area is 199 Å². The van der Waals surface area contributed by atoms with Crippen LogP contribution in [-0.4, -0.2) is 30.7 Å². The summed E-state index contributed by atoms with van der Waals surface area (Å²) in [5.41, 5.74) is -1.16. The topological polar surface area (TPSA) is 18.5 Å². The third-order valence-electron chi connectivity index (χ3n) is 8.40. The molecule has 1 aliphatic heterocycles. The van der Waals surface area contributed by atoms with Crippen LogP contribution in [-0.2, 0) is 9.47 Å². The summed E-state index contributed by atoms with van der Waals surface area (Å²) in [7, 11) is 0. The highest BCUT2D eigenvalue weighted by atomic mass is 19.3. The average molecular weight is 497 g/mol. The Kier molecular flexibility index (Phi) is 8.41. The van der Waals surface area contributed by atoms with Gasteiger partial charge in [-0.25, -0.2) is 0 Å². The van der Waals surface area contributed by atoms with E-state index in [1.165, 1.54) is 25.7 Å². The summed E-state index contributed by atoms with van der Waals surface area (Å²) in [6.45, 7) is 8.13. The molecule has 1 saturated heterocycles. The number of hydrogen-bond donors (Lipinski definition) is 0. The quantitative estimate of drug-likeness (QED) is 0.191. The van der Waals surface area contributed by atoms with E-state index in [-0.39, 0.29) is 19.1 Å². The number of rotatable bonds is 8. The van der Waals surface area contributed by atoms with Crippen molar-refractivity contribution in [1.29, 1.82) is 0 Å². The second-order valence-electron chi connectivity index (χ2n) is 10.9. The van der Waals surface area contributed by atoms with Gasteiger partial charge in [-0.2, -0.15) is 26.3 Å². The van der Waals surface area contributed by atoms with Gasteiger partial charge in [-0.15, -0.1) is 0 Å². The average Bonchev–Trinajstić information content (AvgIpc) is 2.79. The van der Waals surface area contributed by atoms with Crippen molar-refractivity contribution in [2.24, 2.45) is 29.6 Å². The number of alkyl halides is 6. The molecule has 0 aromatic heterocycles. The van der Waals surface area contributed by atoms with Gasteiger partial charge in [-0.1, -0.05) is 32.9 Å². The maximum absolute atomic E-state index is 14.6. The molecule has 0 N–H and O–H groups in total. The molecule has 1 heterocycles. The maximum Gasteiger partial charge on any atom is 0.402 e. The van der Waals surface area contributed by atoms with E-state index in [0.717, 1.165) is 43.4 Å². The predicted octanol–water partition coefficient (Wildman–Crippen LogP) is 8.38. The highest BCUT2D eigenvalue weighted by molar-refractivity contribution is 5.19. The lowest BCUT2D eigenvalue weighted by Gasteiger charge is -2.42. The summed E-state index contributed by atoms with van der Waals surface area (Å²) in [4.78, 5) is 0. The fourth-order valence-electron chi connectivity index (χ4n) is 5.91. The number of allylic oxidation sites excluding steroid dienone is 2. The van der Waals surface area contributed by atoms with Crippen LogP contribution in [0.1, 0.15) is 78.1 Å². The molecule has 0 bridgehead atoms. The van der Waals surface area contributed by atoms with Crippen LogP contribution in [0.2, 0.25) is 0 Å². The molecule has 34 heavy (non-hydrogen) atoms. The molecule has 8 heteroatoms. The van der Waals surface area contributed by atoms with Crippen molar-refractivity contribution < 1.29 is 35.8 Å². The first-order valence-electron chi connectivity index (χ1n) is 12.5. The molecule has 196 valence electrons. The minimum Gasteiger partial charge on any atom is -0.431 e. The second kappa shape index (κ2) is 10.4. The minimum absolute atomic E-state index is 0.00778. The Bertz CT molecular complexity index is 713.